The van der Waals surface area contributed by atoms with Crippen molar-refractivity contribution in [3.05, 3.63) is 116 Å². The van der Waals surface area contributed by atoms with Crippen molar-refractivity contribution in [3.8, 4) is 0 Å². The van der Waals surface area contributed by atoms with Crippen LogP contribution in [-0.2, 0) is 4.79 Å². The first-order valence-electron chi connectivity index (χ1n) is 9.08. The lowest BCUT2D eigenvalue weighted by Crippen LogP contribution is -2.07. The number of benzene rings is 3. The normalized spacial score (nSPS) is 10.5. The minimum atomic E-state index is -0.142. The van der Waals surface area contributed by atoms with E-state index in [-0.39, 0.29) is 11.5 Å². The lowest BCUT2D eigenvalue weighted by Gasteiger charge is -2.02. The number of hydrogen-bond acceptors (Lipinski definition) is 2. The zero-order valence-electron chi connectivity index (χ0n) is 15.8. The summed E-state index contributed by atoms with van der Waals surface area (Å²) in [5.41, 5.74) is 2.56. The van der Waals surface area contributed by atoms with Crippen molar-refractivity contribution >= 4 is 60.4 Å². The van der Waals surface area contributed by atoms with Crippen molar-refractivity contribution in [1.29, 1.82) is 0 Å². The van der Waals surface area contributed by atoms with Crippen LogP contribution in [0.4, 0.5) is 5.69 Å². The van der Waals surface area contributed by atoms with E-state index in [9.17, 15) is 9.59 Å². The van der Waals surface area contributed by atoms with Gasteiger partial charge in [0.15, 0.2) is 0 Å². The molecule has 3 aromatic carbocycles. The number of nitrogens with one attached hydrogen (secondary N) is 2. The highest BCUT2D eigenvalue weighted by Gasteiger charge is 1.98. The Labute approximate surface area is 190 Å². The van der Waals surface area contributed by atoms with Gasteiger partial charge in [-0.25, -0.2) is 0 Å². The van der Waals surface area contributed by atoms with Crippen molar-refractivity contribution in [2.24, 2.45) is 0 Å². The molecular formula is C24H18Br2N2O2. The minimum absolute atomic E-state index is 0.0689. The Hall–Kier alpha value is -2.96. The summed E-state index contributed by atoms with van der Waals surface area (Å²) in [7, 11) is 0. The van der Waals surface area contributed by atoms with Crippen molar-refractivity contribution < 1.29 is 4.79 Å². The molecule has 30 heavy (non-hydrogen) atoms. The SMILES string of the molecule is O=C(C=Cc1ccccc1)Nc1cccc(Br)c1.O=c1ccc2ccc(Br)cc2[nH]1. The van der Waals surface area contributed by atoms with E-state index >= 15 is 0 Å². The third kappa shape index (κ3) is 6.83. The number of pyridine rings is 1. The number of fused-ring (bicyclic) bond motifs is 1. The number of anilines is 1. The van der Waals surface area contributed by atoms with Gasteiger partial charge in [-0.2, -0.15) is 0 Å². The Bertz CT molecular complexity index is 1230. The summed E-state index contributed by atoms with van der Waals surface area (Å²) in [5.74, 6) is -0.142. The summed E-state index contributed by atoms with van der Waals surface area (Å²) in [6.07, 6.45) is 3.31. The Morgan fingerprint density at radius 3 is 2.33 bits per heavy atom. The lowest BCUT2D eigenvalue weighted by molar-refractivity contribution is -0.111. The number of rotatable bonds is 3. The summed E-state index contributed by atoms with van der Waals surface area (Å²) < 4.78 is 1.91. The molecule has 0 bridgehead atoms. The van der Waals surface area contributed by atoms with E-state index in [0.717, 1.165) is 31.1 Å². The quantitative estimate of drug-likeness (QED) is 0.304. The Kier molecular flexibility index (Phi) is 7.76. The number of aromatic nitrogens is 1. The van der Waals surface area contributed by atoms with Crippen LogP contribution in [0.1, 0.15) is 5.56 Å². The van der Waals surface area contributed by atoms with E-state index in [1.54, 1.807) is 12.1 Å². The zero-order chi connectivity index (χ0) is 21.3. The number of amides is 1. The van der Waals surface area contributed by atoms with Crippen LogP contribution in [0.15, 0.2) is 105 Å². The summed E-state index contributed by atoms with van der Waals surface area (Å²) in [6.45, 7) is 0. The average Bonchev–Trinajstić information content (AvgIpc) is 2.73. The third-order valence-corrected chi connectivity index (χ3v) is 4.99. The van der Waals surface area contributed by atoms with Gasteiger partial charge in [0.1, 0.15) is 0 Å². The van der Waals surface area contributed by atoms with Gasteiger partial charge in [0, 0.05) is 32.3 Å². The van der Waals surface area contributed by atoms with Crippen LogP contribution in [0.2, 0.25) is 0 Å². The zero-order valence-corrected chi connectivity index (χ0v) is 19.0. The maximum Gasteiger partial charge on any atom is 0.248 e. The summed E-state index contributed by atoms with van der Waals surface area (Å²) in [6, 6.07) is 26.3. The van der Waals surface area contributed by atoms with E-state index in [2.05, 4.69) is 42.2 Å². The fourth-order valence-electron chi connectivity index (χ4n) is 2.61. The lowest BCUT2D eigenvalue weighted by atomic mass is 10.2. The highest BCUT2D eigenvalue weighted by Crippen LogP contribution is 2.16. The fraction of sp³-hybridized carbons (Fsp3) is 0. The number of H-pyrrole nitrogens is 1. The molecule has 0 spiro atoms. The van der Waals surface area contributed by atoms with Gasteiger partial charge in [-0.15, -0.1) is 0 Å². The molecule has 4 aromatic rings. The van der Waals surface area contributed by atoms with Gasteiger partial charge < -0.3 is 10.3 Å². The van der Waals surface area contributed by atoms with Gasteiger partial charge in [-0.3, -0.25) is 9.59 Å². The summed E-state index contributed by atoms with van der Waals surface area (Å²) in [5, 5.41) is 3.84. The molecule has 0 saturated heterocycles. The highest BCUT2D eigenvalue weighted by atomic mass is 79.9. The molecule has 0 unspecified atom stereocenters. The van der Waals surface area contributed by atoms with Crippen LogP contribution < -0.4 is 10.9 Å². The smallest absolute Gasteiger partial charge is 0.248 e. The molecule has 0 fully saturated rings. The number of hydrogen-bond donors (Lipinski definition) is 2. The van der Waals surface area contributed by atoms with E-state index in [1.807, 2.05) is 72.8 Å². The van der Waals surface area contributed by atoms with E-state index in [4.69, 9.17) is 0 Å². The van der Waals surface area contributed by atoms with Gasteiger partial charge in [0.05, 0.1) is 0 Å². The van der Waals surface area contributed by atoms with Crippen molar-refractivity contribution in [2.75, 3.05) is 5.32 Å². The van der Waals surface area contributed by atoms with Gasteiger partial charge in [-0.05, 0) is 53.4 Å². The molecule has 2 N–H and O–H groups in total. The Morgan fingerprint density at radius 1 is 0.833 bits per heavy atom. The number of carbonyl (C=O) groups is 1. The summed E-state index contributed by atoms with van der Waals surface area (Å²) in [4.78, 5) is 25.4. The fourth-order valence-corrected chi connectivity index (χ4v) is 3.37. The maximum absolute atomic E-state index is 11.7. The number of halogens is 2. The molecule has 1 heterocycles. The predicted molar refractivity (Wildman–Crippen MR) is 131 cm³/mol. The van der Waals surface area contributed by atoms with Crippen LogP contribution in [-0.4, -0.2) is 10.9 Å². The average molecular weight is 526 g/mol. The molecule has 0 radical (unpaired) electrons. The molecular weight excluding hydrogens is 508 g/mol. The number of aromatic amines is 1. The van der Waals surface area contributed by atoms with Gasteiger partial charge in [-0.1, -0.05) is 74.3 Å². The van der Waals surface area contributed by atoms with Crippen LogP contribution in [0, 0.1) is 0 Å². The molecule has 0 aliphatic heterocycles. The third-order valence-electron chi connectivity index (χ3n) is 4.01. The molecule has 0 aliphatic rings. The van der Waals surface area contributed by atoms with Crippen LogP contribution in [0.5, 0.6) is 0 Å². The van der Waals surface area contributed by atoms with E-state index in [0.29, 0.717) is 0 Å². The van der Waals surface area contributed by atoms with Gasteiger partial charge >= 0.3 is 0 Å². The molecule has 150 valence electrons. The second-order valence-corrected chi connectivity index (χ2v) is 8.13. The second kappa shape index (κ2) is 10.7. The minimum Gasteiger partial charge on any atom is -0.322 e. The first-order valence-corrected chi connectivity index (χ1v) is 10.7. The molecule has 4 nitrogen and oxygen atoms in total. The first-order chi connectivity index (χ1) is 14.5. The van der Waals surface area contributed by atoms with E-state index in [1.165, 1.54) is 12.1 Å². The van der Waals surface area contributed by atoms with Crippen molar-refractivity contribution in [2.45, 2.75) is 0 Å². The topological polar surface area (TPSA) is 62.0 Å². The first kappa shape index (κ1) is 21.7. The molecule has 1 aromatic heterocycles. The standard InChI is InChI=1S/C15H12BrNO.C9H6BrNO/c16-13-7-4-8-14(11-13)17-15(18)10-9-12-5-2-1-3-6-12;10-7-3-1-6-2-4-9(12)11-8(6)5-7/h1-11H,(H,17,18);1-5H,(H,11,12). The van der Waals surface area contributed by atoms with Crippen LogP contribution >= 0.6 is 31.9 Å². The molecule has 4 rings (SSSR count). The predicted octanol–water partition coefficient (Wildman–Crippen LogP) is 6.39. The van der Waals surface area contributed by atoms with Gasteiger partial charge in [0.2, 0.25) is 11.5 Å². The maximum atomic E-state index is 11.7. The van der Waals surface area contributed by atoms with Gasteiger partial charge in [0.25, 0.3) is 0 Å². The van der Waals surface area contributed by atoms with E-state index < -0.39 is 0 Å². The number of carbonyl (C=O) groups excluding carboxylic acids is 1. The molecule has 0 saturated carbocycles. The summed E-state index contributed by atoms with van der Waals surface area (Å²) >= 11 is 6.69. The molecule has 0 atom stereocenters. The molecule has 6 heteroatoms. The highest BCUT2D eigenvalue weighted by molar-refractivity contribution is 9.10. The molecule has 1 amide bonds. The Balaban J connectivity index is 0.000000184. The monoisotopic (exact) mass is 524 g/mol. The molecule has 0 aliphatic carbocycles. The largest absolute Gasteiger partial charge is 0.322 e. The van der Waals surface area contributed by atoms with Crippen LogP contribution in [0.3, 0.4) is 0 Å². The van der Waals surface area contributed by atoms with Crippen molar-refractivity contribution in [1.82, 2.24) is 4.98 Å². The Morgan fingerprint density at radius 2 is 1.57 bits per heavy atom. The second-order valence-electron chi connectivity index (χ2n) is 6.30. The van der Waals surface area contributed by atoms with Crippen LogP contribution in [0.25, 0.3) is 17.0 Å². The van der Waals surface area contributed by atoms with Crippen molar-refractivity contribution in [3.63, 3.8) is 0 Å².